The van der Waals surface area contributed by atoms with Gasteiger partial charge in [0.1, 0.15) is 0 Å². The fourth-order valence-electron chi connectivity index (χ4n) is 3.85. The second-order valence-electron chi connectivity index (χ2n) is 7.44. The predicted octanol–water partition coefficient (Wildman–Crippen LogP) is 4.43. The molecule has 8 nitrogen and oxygen atoms in total. The Morgan fingerprint density at radius 3 is 2.65 bits per heavy atom. The van der Waals surface area contributed by atoms with Crippen LogP contribution in [0.4, 0.5) is 36.3 Å². The second kappa shape index (κ2) is 8.58. The van der Waals surface area contributed by atoms with Gasteiger partial charge < -0.3 is 15.6 Å². The first-order chi connectivity index (χ1) is 14.9. The van der Waals surface area contributed by atoms with Crippen LogP contribution in [0.5, 0.6) is 0 Å². The number of alkyl halides is 3. The Kier molecular flexibility index (Phi) is 5.86. The zero-order valence-electron chi connectivity index (χ0n) is 17.3. The Hall–Kier alpha value is -3.08. The molecule has 31 heavy (non-hydrogen) atoms. The van der Waals surface area contributed by atoms with Crippen molar-refractivity contribution >= 4 is 34.2 Å². The van der Waals surface area contributed by atoms with E-state index in [2.05, 4.69) is 36.0 Å². The van der Waals surface area contributed by atoms with E-state index in [0.29, 0.717) is 17.7 Å². The van der Waals surface area contributed by atoms with Gasteiger partial charge in [-0.2, -0.15) is 18.2 Å². The van der Waals surface area contributed by atoms with Crippen LogP contribution < -0.4 is 21.1 Å². The zero-order valence-corrected chi connectivity index (χ0v) is 17.3. The average molecular weight is 434 g/mol. The van der Waals surface area contributed by atoms with Crippen molar-refractivity contribution in [2.45, 2.75) is 44.8 Å². The smallest absolute Gasteiger partial charge is 0.384 e. The summed E-state index contributed by atoms with van der Waals surface area (Å²) in [6.45, 7) is 2.79. The van der Waals surface area contributed by atoms with Crippen molar-refractivity contribution in [2.24, 2.45) is 0 Å². The van der Waals surface area contributed by atoms with E-state index in [4.69, 9.17) is 4.98 Å². The normalized spacial score (nSPS) is 14.9. The summed E-state index contributed by atoms with van der Waals surface area (Å²) in [6, 6.07) is 5.08. The number of halogens is 3. The molecular weight excluding hydrogens is 409 g/mol. The maximum absolute atomic E-state index is 12.9. The molecule has 3 aromatic rings. The molecule has 2 heterocycles. The summed E-state index contributed by atoms with van der Waals surface area (Å²) < 4.78 is 38.7. The third kappa shape index (κ3) is 4.50. The van der Waals surface area contributed by atoms with Gasteiger partial charge >= 0.3 is 6.18 Å². The Morgan fingerprint density at radius 1 is 1.19 bits per heavy atom. The van der Waals surface area contributed by atoms with E-state index < -0.39 is 12.0 Å². The molecule has 0 radical (unpaired) electrons. The number of aromatic nitrogens is 4. The lowest BCUT2D eigenvalue weighted by molar-refractivity contribution is -0.144. The van der Waals surface area contributed by atoms with Gasteiger partial charge in [0.2, 0.25) is 11.8 Å². The van der Waals surface area contributed by atoms with Crippen LogP contribution >= 0.6 is 0 Å². The number of nitrogens with one attached hydrogen (secondary N) is 4. The van der Waals surface area contributed by atoms with Crippen molar-refractivity contribution in [3.8, 4) is 0 Å². The molecule has 1 aliphatic carbocycles. The molecule has 166 valence electrons. The summed E-state index contributed by atoms with van der Waals surface area (Å²) in [5.74, 6) is 0.0648. The number of benzene rings is 1. The van der Waals surface area contributed by atoms with Crippen LogP contribution in [-0.2, 0) is 6.18 Å². The van der Waals surface area contributed by atoms with Gasteiger partial charge in [-0.3, -0.25) is 5.01 Å². The number of aromatic amines is 1. The van der Waals surface area contributed by atoms with Gasteiger partial charge in [-0.25, -0.2) is 15.4 Å². The minimum Gasteiger partial charge on any atom is -0.384 e. The standard InChI is InChI=1S/C20H25F3N8/c1-3-26-31(13-6-4-5-7-13)17-16(24-2)11-25-19(30-17)27-12-8-9-14-15(10-12)29-18(28-14)20(21,22)23/h8-11,13,24,26H,3-7H2,1-2H3,(H,28,29)(H,25,27,30). The molecule has 1 saturated carbocycles. The number of fused-ring (bicyclic) bond motifs is 1. The van der Waals surface area contributed by atoms with Gasteiger partial charge in [0.05, 0.1) is 22.9 Å². The van der Waals surface area contributed by atoms with Gasteiger partial charge in [0.15, 0.2) is 5.82 Å². The molecule has 0 aliphatic heterocycles. The first-order valence-corrected chi connectivity index (χ1v) is 10.3. The Balaban J connectivity index is 1.63. The van der Waals surface area contributed by atoms with Gasteiger partial charge in [0.25, 0.3) is 0 Å². The van der Waals surface area contributed by atoms with Crippen molar-refractivity contribution in [1.29, 1.82) is 0 Å². The number of anilines is 4. The SMILES string of the molecule is CCNN(c1nc(Nc2ccc3nc(C(F)(F)F)[nH]c3c2)ncc1NC)C1CCCC1. The third-order valence-corrected chi connectivity index (χ3v) is 5.29. The van der Waals surface area contributed by atoms with E-state index in [1.807, 2.05) is 14.0 Å². The third-order valence-electron chi connectivity index (χ3n) is 5.29. The zero-order chi connectivity index (χ0) is 22.0. The van der Waals surface area contributed by atoms with Crippen LogP contribution in [-0.4, -0.2) is 39.6 Å². The molecule has 4 rings (SSSR count). The Morgan fingerprint density at radius 2 is 1.97 bits per heavy atom. The molecule has 0 spiro atoms. The van der Waals surface area contributed by atoms with Crippen LogP contribution in [0.25, 0.3) is 11.0 Å². The molecule has 1 fully saturated rings. The number of hydrogen-bond acceptors (Lipinski definition) is 7. The summed E-state index contributed by atoms with van der Waals surface area (Å²) in [5.41, 5.74) is 5.27. The molecule has 1 aromatic carbocycles. The molecule has 0 unspecified atom stereocenters. The summed E-state index contributed by atoms with van der Waals surface area (Å²) in [7, 11) is 1.82. The second-order valence-corrected chi connectivity index (χ2v) is 7.44. The lowest BCUT2D eigenvalue weighted by atomic mass is 10.2. The topological polar surface area (TPSA) is 93.8 Å². The molecule has 1 aliphatic rings. The van der Waals surface area contributed by atoms with Crippen LogP contribution in [0.2, 0.25) is 0 Å². The highest BCUT2D eigenvalue weighted by Crippen LogP contribution is 2.32. The molecular formula is C20H25F3N8. The van der Waals surface area contributed by atoms with Gasteiger partial charge in [-0.15, -0.1) is 0 Å². The molecule has 11 heteroatoms. The van der Waals surface area contributed by atoms with Crippen LogP contribution in [0.1, 0.15) is 38.4 Å². The number of hydrazine groups is 1. The lowest BCUT2D eigenvalue weighted by Gasteiger charge is -2.31. The summed E-state index contributed by atoms with van der Waals surface area (Å²) in [6.07, 6.45) is 1.70. The number of imidazole rings is 1. The molecule has 4 N–H and O–H groups in total. The van der Waals surface area contributed by atoms with E-state index in [9.17, 15) is 13.2 Å². The molecule has 0 amide bonds. The maximum atomic E-state index is 12.9. The summed E-state index contributed by atoms with van der Waals surface area (Å²) >= 11 is 0. The molecule has 0 saturated heterocycles. The van der Waals surface area contributed by atoms with E-state index in [0.717, 1.165) is 30.9 Å². The minimum atomic E-state index is -4.52. The first kappa shape index (κ1) is 21.2. The number of hydrogen-bond donors (Lipinski definition) is 4. The van der Waals surface area contributed by atoms with E-state index in [1.165, 1.54) is 18.9 Å². The fourth-order valence-corrected chi connectivity index (χ4v) is 3.85. The van der Waals surface area contributed by atoms with Crippen LogP contribution in [0.3, 0.4) is 0 Å². The number of nitrogens with zero attached hydrogens (tertiary/aromatic N) is 4. The Labute approximate surface area is 177 Å². The highest BCUT2D eigenvalue weighted by atomic mass is 19.4. The predicted molar refractivity (Wildman–Crippen MR) is 114 cm³/mol. The fraction of sp³-hybridized carbons (Fsp3) is 0.450. The van der Waals surface area contributed by atoms with Crippen molar-refractivity contribution in [1.82, 2.24) is 25.4 Å². The first-order valence-electron chi connectivity index (χ1n) is 10.3. The molecule has 0 atom stereocenters. The van der Waals surface area contributed by atoms with Crippen molar-refractivity contribution in [2.75, 3.05) is 29.2 Å². The minimum absolute atomic E-state index is 0.240. The maximum Gasteiger partial charge on any atom is 0.449 e. The van der Waals surface area contributed by atoms with E-state index >= 15 is 0 Å². The lowest BCUT2D eigenvalue weighted by Crippen LogP contribution is -2.45. The molecule has 0 bridgehead atoms. The van der Waals surface area contributed by atoms with Crippen molar-refractivity contribution < 1.29 is 13.2 Å². The van der Waals surface area contributed by atoms with Gasteiger partial charge in [0, 0.05) is 25.3 Å². The quantitative estimate of drug-likeness (QED) is 0.409. The van der Waals surface area contributed by atoms with E-state index in [-0.39, 0.29) is 11.0 Å². The highest BCUT2D eigenvalue weighted by molar-refractivity contribution is 5.80. The average Bonchev–Trinajstić information content (AvgIpc) is 3.41. The monoisotopic (exact) mass is 434 g/mol. The van der Waals surface area contributed by atoms with Crippen molar-refractivity contribution in [3.63, 3.8) is 0 Å². The van der Waals surface area contributed by atoms with Gasteiger partial charge in [-0.1, -0.05) is 19.8 Å². The van der Waals surface area contributed by atoms with Crippen LogP contribution in [0, 0.1) is 0 Å². The highest BCUT2D eigenvalue weighted by Gasteiger charge is 2.34. The summed E-state index contributed by atoms with van der Waals surface area (Å²) in [4.78, 5) is 15.0. The molecule has 2 aromatic heterocycles. The largest absolute Gasteiger partial charge is 0.449 e. The Bertz CT molecular complexity index is 1040. The number of rotatable bonds is 7. The summed E-state index contributed by atoms with van der Waals surface area (Å²) in [5, 5.41) is 8.32. The van der Waals surface area contributed by atoms with E-state index in [1.54, 1.807) is 18.3 Å². The van der Waals surface area contributed by atoms with Crippen LogP contribution in [0.15, 0.2) is 24.4 Å². The van der Waals surface area contributed by atoms with Gasteiger partial charge in [-0.05, 0) is 31.0 Å². The number of H-pyrrole nitrogens is 1. The van der Waals surface area contributed by atoms with Crippen molar-refractivity contribution in [3.05, 3.63) is 30.2 Å².